The van der Waals surface area contributed by atoms with Crippen LogP contribution in [0.5, 0.6) is 11.6 Å². The molecule has 3 aromatic rings. The number of aromatic nitrogens is 1. The minimum atomic E-state index is -0.598. The van der Waals surface area contributed by atoms with Crippen molar-refractivity contribution in [3.8, 4) is 11.6 Å². The van der Waals surface area contributed by atoms with Gasteiger partial charge in [0.2, 0.25) is 5.88 Å². The number of nitro groups is 1. The average molecular weight is 439 g/mol. The third kappa shape index (κ3) is 4.51. The van der Waals surface area contributed by atoms with E-state index in [0.29, 0.717) is 10.7 Å². The molecule has 0 bridgehead atoms. The normalized spacial score (nSPS) is 10.4. The van der Waals surface area contributed by atoms with Crippen molar-refractivity contribution in [3.05, 3.63) is 85.5 Å². The fourth-order valence-corrected chi connectivity index (χ4v) is 2.91. The number of nitrogens with one attached hydrogen (secondary N) is 1. The van der Waals surface area contributed by atoms with Gasteiger partial charge in [-0.25, -0.2) is 4.98 Å². The predicted molar refractivity (Wildman–Crippen MR) is 107 cm³/mol. The number of ether oxygens (including phenoxy) is 1. The molecule has 0 aliphatic rings. The third-order valence-corrected chi connectivity index (χ3v) is 4.31. The van der Waals surface area contributed by atoms with Gasteiger partial charge in [0.1, 0.15) is 5.02 Å². The first kappa shape index (κ1) is 19.9. The van der Waals surface area contributed by atoms with Crippen molar-refractivity contribution >= 4 is 52.1 Å². The summed E-state index contributed by atoms with van der Waals surface area (Å²) in [6.45, 7) is 0. The van der Waals surface area contributed by atoms with E-state index >= 15 is 0 Å². The quantitative estimate of drug-likeness (QED) is 0.390. The van der Waals surface area contributed by atoms with Crippen molar-refractivity contribution in [3.63, 3.8) is 0 Å². The third-order valence-electron chi connectivity index (χ3n) is 3.52. The van der Waals surface area contributed by atoms with Gasteiger partial charge in [-0.3, -0.25) is 14.9 Å². The molecule has 0 radical (unpaired) electrons. The number of non-ortho nitro benzene ring substituents is 1. The lowest BCUT2D eigenvalue weighted by Crippen LogP contribution is -2.13. The SMILES string of the molecule is O=C(Nc1ccccc1Oc1ncc(Cl)cc1Cl)c1ccc([N+](=O)[O-])cc1Cl. The molecular formula is C18H10Cl3N3O4. The molecule has 10 heteroatoms. The summed E-state index contributed by atoms with van der Waals surface area (Å²) in [5.74, 6) is -0.169. The molecule has 1 aromatic heterocycles. The Kier molecular flexibility index (Phi) is 5.99. The zero-order valence-electron chi connectivity index (χ0n) is 13.9. The van der Waals surface area contributed by atoms with Crippen molar-refractivity contribution in [2.75, 3.05) is 5.32 Å². The fraction of sp³-hybridized carbons (Fsp3) is 0. The fourth-order valence-electron chi connectivity index (χ4n) is 2.23. The van der Waals surface area contributed by atoms with Gasteiger partial charge in [0.05, 0.1) is 26.2 Å². The number of hydrogen-bond acceptors (Lipinski definition) is 5. The zero-order chi connectivity index (χ0) is 20.3. The summed E-state index contributed by atoms with van der Waals surface area (Å²) in [4.78, 5) is 26.8. The van der Waals surface area contributed by atoms with E-state index in [1.807, 2.05) is 0 Å². The number of rotatable bonds is 5. The standard InChI is InChI=1S/C18H10Cl3N3O4/c19-10-7-14(21)18(22-9-10)28-16-4-2-1-3-15(16)23-17(25)12-6-5-11(24(26)27)8-13(12)20/h1-9H,(H,23,25). The molecule has 28 heavy (non-hydrogen) atoms. The van der Waals surface area contributed by atoms with Crippen LogP contribution in [0.2, 0.25) is 15.1 Å². The van der Waals surface area contributed by atoms with Crippen molar-refractivity contribution < 1.29 is 14.5 Å². The number of benzene rings is 2. The van der Waals surface area contributed by atoms with E-state index in [9.17, 15) is 14.9 Å². The number of pyridine rings is 1. The van der Waals surface area contributed by atoms with Gasteiger partial charge in [-0.2, -0.15) is 0 Å². The van der Waals surface area contributed by atoms with Crippen molar-refractivity contribution in [2.24, 2.45) is 0 Å². The molecule has 0 aliphatic heterocycles. The monoisotopic (exact) mass is 437 g/mol. The van der Waals surface area contributed by atoms with Crippen LogP contribution >= 0.6 is 34.8 Å². The number of nitro benzene ring substituents is 1. The van der Waals surface area contributed by atoms with Crippen molar-refractivity contribution in [1.82, 2.24) is 4.98 Å². The summed E-state index contributed by atoms with van der Waals surface area (Å²) in [5, 5.41) is 14.0. The first-order chi connectivity index (χ1) is 13.3. The van der Waals surface area contributed by atoms with Gasteiger partial charge in [0.25, 0.3) is 11.6 Å². The summed E-state index contributed by atoms with van der Waals surface area (Å²) in [5.41, 5.74) is 0.188. The molecular weight excluding hydrogens is 429 g/mol. The lowest BCUT2D eigenvalue weighted by atomic mass is 10.2. The summed E-state index contributed by atoms with van der Waals surface area (Å²) >= 11 is 17.9. The van der Waals surface area contributed by atoms with E-state index in [1.54, 1.807) is 24.3 Å². The largest absolute Gasteiger partial charge is 0.435 e. The van der Waals surface area contributed by atoms with Gasteiger partial charge < -0.3 is 10.1 Å². The molecule has 3 rings (SSSR count). The Morgan fingerprint density at radius 2 is 1.82 bits per heavy atom. The van der Waals surface area contributed by atoms with E-state index < -0.39 is 10.8 Å². The molecule has 1 N–H and O–H groups in total. The van der Waals surface area contributed by atoms with Crippen LogP contribution in [0.1, 0.15) is 10.4 Å². The molecule has 2 aromatic carbocycles. The van der Waals surface area contributed by atoms with Crippen LogP contribution in [0.3, 0.4) is 0 Å². The van der Waals surface area contributed by atoms with E-state index in [-0.39, 0.29) is 32.9 Å². The van der Waals surface area contributed by atoms with Crippen molar-refractivity contribution in [1.29, 1.82) is 0 Å². The Labute approximate surface area is 174 Å². The summed E-state index contributed by atoms with van der Waals surface area (Å²) in [6, 6.07) is 11.7. The van der Waals surface area contributed by atoms with Crippen LogP contribution in [0.15, 0.2) is 54.7 Å². The van der Waals surface area contributed by atoms with Crippen LogP contribution in [-0.4, -0.2) is 15.8 Å². The molecule has 7 nitrogen and oxygen atoms in total. The minimum absolute atomic E-state index is 0.0486. The second kappa shape index (κ2) is 8.43. The molecule has 1 amide bonds. The highest BCUT2D eigenvalue weighted by atomic mass is 35.5. The second-order valence-corrected chi connectivity index (χ2v) is 6.66. The Hall–Kier alpha value is -2.87. The lowest BCUT2D eigenvalue weighted by Gasteiger charge is -2.13. The molecule has 1 heterocycles. The summed E-state index contributed by atoms with van der Waals surface area (Å²) in [7, 11) is 0. The highest BCUT2D eigenvalue weighted by Crippen LogP contribution is 2.33. The van der Waals surface area contributed by atoms with Gasteiger partial charge in [0, 0.05) is 18.3 Å². The maximum atomic E-state index is 12.6. The lowest BCUT2D eigenvalue weighted by molar-refractivity contribution is -0.384. The second-order valence-electron chi connectivity index (χ2n) is 5.41. The van der Waals surface area contributed by atoms with Crippen molar-refractivity contribution in [2.45, 2.75) is 0 Å². The van der Waals surface area contributed by atoms with Crippen LogP contribution in [0.4, 0.5) is 11.4 Å². The Balaban J connectivity index is 1.85. The number of halogens is 3. The van der Waals surface area contributed by atoms with Crippen LogP contribution in [0, 0.1) is 10.1 Å². The number of amides is 1. The molecule has 0 saturated heterocycles. The molecule has 0 spiro atoms. The van der Waals surface area contributed by atoms with Gasteiger partial charge in [-0.05, 0) is 24.3 Å². The molecule has 0 unspecified atom stereocenters. The van der Waals surface area contributed by atoms with E-state index in [0.717, 1.165) is 6.07 Å². The summed E-state index contributed by atoms with van der Waals surface area (Å²) < 4.78 is 5.67. The zero-order valence-corrected chi connectivity index (χ0v) is 16.1. The Morgan fingerprint density at radius 3 is 2.50 bits per heavy atom. The van der Waals surface area contributed by atoms with Gasteiger partial charge >= 0.3 is 0 Å². The van der Waals surface area contributed by atoms with Crippen LogP contribution in [-0.2, 0) is 0 Å². The number of para-hydroxylation sites is 2. The maximum absolute atomic E-state index is 12.6. The van der Waals surface area contributed by atoms with Crippen LogP contribution in [0.25, 0.3) is 0 Å². The van der Waals surface area contributed by atoms with E-state index in [1.165, 1.54) is 24.4 Å². The predicted octanol–water partition coefficient (Wildman–Crippen LogP) is 5.99. The van der Waals surface area contributed by atoms with E-state index in [2.05, 4.69) is 10.3 Å². The number of carbonyl (C=O) groups is 1. The Morgan fingerprint density at radius 1 is 1.07 bits per heavy atom. The maximum Gasteiger partial charge on any atom is 0.270 e. The molecule has 0 fully saturated rings. The molecule has 0 aliphatic carbocycles. The highest BCUT2D eigenvalue weighted by Gasteiger charge is 2.17. The number of carbonyl (C=O) groups excluding carboxylic acids is 1. The molecule has 0 atom stereocenters. The molecule has 0 saturated carbocycles. The van der Waals surface area contributed by atoms with Crippen LogP contribution < -0.4 is 10.1 Å². The molecule has 142 valence electrons. The first-order valence-corrected chi connectivity index (χ1v) is 8.82. The Bertz CT molecular complexity index is 1080. The highest BCUT2D eigenvalue weighted by molar-refractivity contribution is 6.35. The van der Waals surface area contributed by atoms with Gasteiger partial charge in [0.15, 0.2) is 5.75 Å². The number of hydrogen-bond donors (Lipinski definition) is 1. The van der Waals surface area contributed by atoms with Gasteiger partial charge in [-0.15, -0.1) is 0 Å². The first-order valence-electron chi connectivity index (χ1n) is 7.68. The topological polar surface area (TPSA) is 94.4 Å². The average Bonchev–Trinajstić information content (AvgIpc) is 2.65. The number of anilines is 1. The van der Waals surface area contributed by atoms with Gasteiger partial charge in [-0.1, -0.05) is 46.9 Å². The smallest absolute Gasteiger partial charge is 0.270 e. The number of nitrogens with zero attached hydrogens (tertiary/aromatic N) is 2. The minimum Gasteiger partial charge on any atom is -0.435 e. The summed E-state index contributed by atoms with van der Waals surface area (Å²) in [6.07, 6.45) is 1.38. The van der Waals surface area contributed by atoms with E-state index in [4.69, 9.17) is 39.5 Å².